The average Bonchev–Trinajstić information content (AvgIpc) is 3.26. The minimum absolute atomic E-state index is 0.0452. The van der Waals surface area contributed by atoms with Crippen molar-refractivity contribution in [3.63, 3.8) is 0 Å². The van der Waals surface area contributed by atoms with Gasteiger partial charge in [0.05, 0.1) is 108 Å². The topological polar surface area (TPSA) is 380 Å². The number of anilines is 2. The fourth-order valence-corrected chi connectivity index (χ4v) is 11.8. The number of amides is 6. The highest BCUT2D eigenvalue weighted by atomic mass is 127. The molecule has 0 radical (unpaired) electrons. The van der Waals surface area contributed by atoms with Crippen molar-refractivity contribution in [2.75, 3.05) is 75.5 Å². The molecule has 64 heavy (non-hydrogen) atoms. The third-order valence-electron chi connectivity index (χ3n) is 9.33. The van der Waals surface area contributed by atoms with E-state index in [2.05, 4.69) is 21.3 Å². The number of aliphatic hydroxyl groups is 11. The lowest BCUT2D eigenvalue weighted by Crippen LogP contribution is -2.49. The average molecular weight is 1360 g/mol. The monoisotopic (exact) mass is 1360 g/mol. The predicted molar refractivity (Wildman–Crippen MR) is 260 cm³/mol. The van der Waals surface area contributed by atoms with Crippen molar-refractivity contribution >= 4 is 138 Å². The molecule has 2 aromatic rings. The molecular formula is C37H50I4N6O17. The van der Waals surface area contributed by atoms with Crippen molar-refractivity contribution in [1.82, 2.24) is 21.3 Å². The predicted octanol–water partition coefficient (Wildman–Crippen LogP) is -4.24. The molecule has 27 heteroatoms. The summed E-state index contributed by atoms with van der Waals surface area (Å²) in [4.78, 5) is 81.2. The number of rotatable bonds is 26. The molecule has 23 nitrogen and oxygen atoms in total. The standard InChI is InChI=1S/C37H50I4N6O17/c1-15-23(34(61)42-3-17(54)9-48)28(39)32(29(40)24(15)35(62)43-4-18(55)10-49)47(14-53)8-22(59)33(60)21(58)7-46(13-52)31-16(2)25(36(63)44-5-19(56)11-50)27(38)26(30(31)41)37(64)45-6-20(57)12-51/h13-14,17-22,33,48-51,54-60H,3-12H2,1-2H3,(H,42,61)(H,43,62)(H,44,63)(H,45,64). The molecule has 0 aliphatic rings. The number of nitrogens with zero attached hydrogens (tertiary/aromatic N) is 2. The smallest absolute Gasteiger partial charge is 0.253 e. The Balaban J connectivity index is 2.65. The molecule has 6 amide bonds. The van der Waals surface area contributed by atoms with Crippen LogP contribution in [0.15, 0.2) is 0 Å². The molecule has 7 atom stereocenters. The first-order valence-electron chi connectivity index (χ1n) is 18.9. The molecule has 0 saturated carbocycles. The van der Waals surface area contributed by atoms with E-state index in [0.717, 1.165) is 9.80 Å². The first kappa shape index (κ1) is 57.9. The van der Waals surface area contributed by atoms with Crippen molar-refractivity contribution in [2.45, 2.75) is 56.6 Å². The zero-order valence-corrected chi connectivity index (χ0v) is 42.7. The summed E-state index contributed by atoms with van der Waals surface area (Å²) >= 11 is 6.84. The van der Waals surface area contributed by atoms with Crippen LogP contribution in [0.4, 0.5) is 11.4 Å². The Bertz CT molecular complexity index is 1760. The Morgan fingerprint density at radius 1 is 0.484 bits per heavy atom. The van der Waals surface area contributed by atoms with E-state index >= 15 is 0 Å². The number of benzene rings is 2. The fourth-order valence-electron chi connectivity index (χ4n) is 5.88. The van der Waals surface area contributed by atoms with Gasteiger partial charge in [-0.2, -0.15) is 0 Å². The second kappa shape index (κ2) is 27.5. The maximum Gasteiger partial charge on any atom is 0.253 e. The summed E-state index contributed by atoms with van der Waals surface area (Å²) in [5.41, 5.74) is -0.797. The lowest BCUT2D eigenvalue weighted by molar-refractivity contribution is -0.108. The second-order valence-corrected chi connectivity index (χ2v) is 18.3. The number of halogens is 4. The lowest BCUT2D eigenvalue weighted by Gasteiger charge is -2.32. The highest BCUT2D eigenvalue weighted by Gasteiger charge is 2.35. The summed E-state index contributed by atoms with van der Waals surface area (Å²) in [6.45, 7) is -3.23. The SMILES string of the molecule is Cc1c(C(=O)NCC(O)CO)c(I)c(N(C=O)CC(O)C(O)C(O)CN(C=O)c2c(C)c(C(=O)NCC(O)CO)c(I)c(C(=O)NCC(O)CO)c2I)c(I)c1C(=O)NCC(O)CO. The molecule has 7 unspecified atom stereocenters. The van der Waals surface area contributed by atoms with E-state index in [4.69, 9.17) is 0 Å². The Hall–Kier alpha value is -2.26. The van der Waals surface area contributed by atoms with Gasteiger partial charge in [0.1, 0.15) is 18.3 Å². The van der Waals surface area contributed by atoms with Gasteiger partial charge in [-0.15, -0.1) is 0 Å². The Morgan fingerprint density at radius 2 is 0.766 bits per heavy atom. The molecule has 0 saturated heterocycles. The Kier molecular flexibility index (Phi) is 24.9. The quantitative estimate of drug-likeness (QED) is 0.0313. The fraction of sp³-hybridized carbons (Fsp3) is 0.514. The first-order valence-corrected chi connectivity index (χ1v) is 23.2. The van der Waals surface area contributed by atoms with E-state index in [0.29, 0.717) is 0 Å². The third-order valence-corrected chi connectivity index (χ3v) is 13.6. The van der Waals surface area contributed by atoms with Crippen molar-refractivity contribution in [3.8, 4) is 0 Å². The van der Waals surface area contributed by atoms with Crippen molar-refractivity contribution in [1.29, 1.82) is 0 Å². The van der Waals surface area contributed by atoms with Gasteiger partial charge in [0.15, 0.2) is 0 Å². The number of aliphatic hydroxyl groups excluding tert-OH is 11. The van der Waals surface area contributed by atoms with E-state index in [-0.39, 0.29) is 71.9 Å². The van der Waals surface area contributed by atoms with Crippen LogP contribution in [0.25, 0.3) is 0 Å². The molecule has 15 N–H and O–H groups in total. The van der Waals surface area contributed by atoms with Gasteiger partial charge in [0.2, 0.25) is 12.8 Å². The summed E-state index contributed by atoms with van der Waals surface area (Å²) < 4.78 is 0.190. The molecular weight excluding hydrogens is 1310 g/mol. The molecule has 2 aromatic carbocycles. The largest absolute Gasteiger partial charge is 0.394 e. The number of carbonyl (C=O) groups excluding carboxylic acids is 6. The third kappa shape index (κ3) is 14.9. The second-order valence-electron chi connectivity index (χ2n) is 14.0. The van der Waals surface area contributed by atoms with Gasteiger partial charge in [-0.25, -0.2) is 0 Å². The van der Waals surface area contributed by atoms with Crippen LogP contribution < -0.4 is 31.1 Å². The van der Waals surface area contributed by atoms with Crippen LogP contribution in [0, 0.1) is 28.1 Å². The van der Waals surface area contributed by atoms with E-state index in [1.54, 1.807) is 90.4 Å². The van der Waals surface area contributed by atoms with E-state index in [9.17, 15) is 84.9 Å². The molecule has 0 bridgehead atoms. The van der Waals surface area contributed by atoms with Gasteiger partial charge < -0.3 is 87.2 Å². The van der Waals surface area contributed by atoms with Gasteiger partial charge in [-0.05, 0) is 115 Å². The highest BCUT2D eigenvalue weighted by Crippen LogP contribution is 2.38. The zero-order valence-electron chi connectivity index (χ0n) is 34.0. The molecule has 0 heterocycles. The van der Waals surface area contributed by atoms with E-state index < -0.39 is 132 Å². The summed E-state index contributed by atoms with van der Waals surface area (Å²) in [6, 6.07) is 0. The summed E-state index contributed by atoms with van der Waals surface area (Å²) in [6.07, 6.45) is -11.2. The maximum absolute atomic E-state index is 13.5. The van der Waals surface area contributed by atoms with Crippen LogP contribution >= 0.6 is 90.4 Å². The van der Waals surface area contributed by atoms with Crippen molar-refractivity contribution in [3.05, 3.63) is 47.7 Å². The van der Waals surface area contributed by atoms with Crippen LogP contribution in [0.5, 0.6) is 0 Å². The number of hydrogen-bond donors (Lipinski definition) is 15. The summed E-state index contributed by atoms with van der Waals surface area (Å²) in [5.74, 6) is -3.39. The normalized spacial score (nSPS) is 14.6. The number of hydrogen-bond acceptors (Lipinski definition) is 17. The van der Waals surface area contributed by atoms with E-state index in [1.165, 1.54) is 13.8 Å². The molecule has 358 valence electrons. The first-order chi connectivity index (χ1) is 30.1. The number of carbonyl (C=O) groups is 6. The highest BCUT2D eigenvalue weighted by molar-refractivity contribution is 14.1. The molecule has 0 aliphatic carbocycles. The van der Waals surface area contributed by atoms with Gasteiger partial charge in [-0.3, -0.25) is 28.8 Å². The van der Waals surface area contributed by atoms with Gasteiger partial charge in [0.25, 0.3) is 23.6 Å². The van der Waals surface area contributed by atoms with Crippen molar-refractivity contribution in [2.24, 2.45) is 0 Å². The van der Waals surface area contributed by atoms with Crippen LogP contribution in [0.1, 0.15) is 52.6 Å². The Labute approximate surface area is 420 Å². The lowest BCUT2D eigenvalue weighted by atomic mass is 9.98. The molecule has 0 spiro atoms. The maximum atomic E-state index is 13.5. The minimum Gasteiger partial charge on any atom is -0.394 e. The Morgan fingerprint density at radius 3 is 1.08 bits per heavy atom. The van der Waals surface area contributed by atoms with Gasteiger partial charge in [0, 0.05) is 29.7 Å². The van der Waals surface area contributed by atoms with Crippen LogP contribution in [-0.2, 0) is 9.59 Å². The van der Waals surface area contributed by atoms with Crippen LogP contribution in [0.2, 0.25) is 0 Å². The van der Waals surface area contributed by atoms with Crippen molar-refractivity contribution < 1.29 is 84.9 Å². The molecule has 0 aromatic heterocycles. The van der Waals surface area contributed by atoms with Crippen LogP contribution in [0.3, 0.4) is 0 Å². The van der Waals surface area contributed by atoms with Gasteiger partial charge in [-0.1, -0.05) is 0 Å². The molecule has 0 aliphatic heterocycles. The molecule has 0 fully saturated rings. The number of nitrogens with one attached hydrogen (secondary N) is 4. The molecule has 2 rings (SSSR count). The minimum atomic E-state index is -2.15. The van der Waals surface area contributed by atoms with Crippen LogP contribution in [-0.4, -0.2) is 201 Å². The van der Waals surface area contributed by atoms with Gasteiger partial charge >= 0.3 is 0 Å². The van der Waals surface area contributed by atoms with E-state index in [1.807, 2.05) is 0 Å². The zero-order chi connectivity index (χ0) is 48.7. The summed E-state index contributed by atoms with van der Waals surface area (Å²) in [5, 5.41) is 120. The summed E-state index contributed by atoms with van der Waals surface area (Å²) in [7, 11) is 0.